The number of aromatic nitrogens is 1. The van der Waals surface area contributed by atoms with Crippen LogP contribution in [0.3, 0.4) is 0 Å². The lowest BCUT2D eigenvalue weighted by Gasteiger charge is -2.17. The van der Waals surface area contributed by atoms with Crippen LogP contribution in [-0.2, 0) is 6.42 Å². The molecule has 0 amide bonds. The Hall–Kier alpha value is -1.30. The molecule has 1 unspecified atom stereocenters. The highest BCUT2D eigenvalue weighted by Crippen LogP contribution is 2.24. The smallest absolute Gasteiger partial charge is 0.191 e. The number of unbranched alkanes of at least 4 members (excludes halogenated alkanes) is 2. The average molecular weight is 352 g/mol. The number of nitrogens with one attached hydrogen (secondary N) is 2. The van der Waals surface area contributed by atoms with Crippen LogP contribution >= 0.6 is 11.3 Å². The minimum atomic E-state index is 0.462. The van der Waals surface area contributed by atoms with Gasteiger partial charge < -0.3 is 15.5 Å². The van der Waals surface area contributed by atoms with Gasteiger partial charge in [-0.05, 0) is 26.2 Å². The van der Waals surface area contributed by atoms with Crippen LogP contribution in [0.4, 0.5) is 5.13 Å². The Morgan fingerprint density at radius 3 is 2.88 bits per heavy atom. The van der Waals surface area contributed by atoms with E-state index in [0.29, 0.717) is 6.04 Å². The monoisotopic (exact) mass is 351 g/mol. The first-order valence-corrected chi connectivity index (χ1v) is 10.3. The molecule has 1 atom stereocenters. The Labute approximate surface area is 151 Å². The minimum absolute atomic E-state index is 0.462. The maximum absolute atomic E-state index is 4.77. The van der Waals surface area contributed by atoms with E-state index in [-0.39, 0.29) is 0 Å². The molecule has 136 valence electrons. The molecule has 1 aromatic rings. The van der Waals surface area contributed by atoms with Crippen molar-refractivity contribution in [3.63, 3.8) is 0 Å². The second-order valence-corrected chi connectivity index (χ2v) is 7.44. The average Bonchev–Trinajstić information content (AvgIpc) is 3.25. The van der Waals surface area contributed by atoms with E-state index in [1.807, 2.05) is 7.05 Å². The zero-order valence-electron chi connectivity index (χ0n) is 15.5. The number of hydrogen-bond acceptors (Lipinski definition) is 4. The van der Waals surface area contributed by atoms with Crippen molar-refractivity contribution in [2.45, 2.75) is 64.8 Å². The van der Waals surface area contributed by atoms with Crippen LogP contribution in [-0.4, -0.2) is 43.7 Å². The summed E-state index contributed by atoms with van der Waals surface area (Å²) in [7, 11) is 1.84. The van der Waals surface area contributed by atoms with Crippen molar-refractivity contribution >= 4 is 22.4 Å². The lowest BCUT2D eigenvalue weighted by molar-refractivity contribution is 0.547. The molecular formula is C18H33N5S. The third-order valence-corrected chi connectivity index (χ3v) is 5.39. The van der Waals surface area contributed by atoms with Gasteiger partial charge in [-0.15, -0.1) is 11.3 Å². The van der Waals surface area contributed by atoms with E-state index >= 15 is 0 Å². The topological polar surface area (TPSA) is 52.6 Å². The maximum atomic E-state index is 4.77. The predicted molar refractivity (Wildman–Crippen MR) is 105 cm³/mol. The van der Waals surface area contributed by atoms with Crippen molar-refractivity contribution in [1.82, 2.24) is 15.6 Å². The highest BCUT2D eigenvalue weighted by atomic mass is 32.1. The van der Waals surface area contributed by atoms with Crippen molar-refractivity contribution in [2.24, 2.45) is 4.99 Å². The minimum Gasteiger partial charge on any atom is -0.356 e. The Balaban J connectivity index is 1.68. The highest BCUT2D eigenvalue weighted by Gasteiger charge is 2.15. The van der Waals surface area contributed by atoms with E-state index < -0.39 is 0 Å². The SMILES string of the molecule is CCCCCC(C)NC(=NC)NCCc1csc(N2CCCC2)n1. The first-order valence-electron chi connectivity index (χ1n) is 9.39. The fraction of sp³-hybridized carbons (Fsp3) is 0.778. The third kappa shape index (κ3) is 6.30. The van der Waals surface area contributed by atoms with Gasteiger partial charge in [0.25, 0.3) is 0 Å². The fourth-order valence-corrected chi connectivity index (χ4v) is 3.89. The van der Waals surface area contributed by atoms with Crippen LogP contribution in [0.5, 0.6) is 0 Å². The molecule has 1 aliphatic heterocycles. The molecule has 2 heterocycles. The van der Waals surface area contributed by atoms with Gasteiger partial charge in [-0.1, -0.05) is 26.2 Å². The van der Waals surface area contributed by atoms with Crippen LogP contribution in [0.25, 0.3) is 0 Å². The molecule has 0 aliphatic carbocycles. The number of rotatable bonds is 9. The quantitative estimate of drug-likeness (QED) is 0.407. The van der Waals surface area contributed by atoms with Gasteiger partial charge in [0.05, 0.1) is 5.69 Å². The van der Waals surface area contributed by atoms with Crippen molar-refractivity contribution in [1.29, 1.82) is 0 Å². The first kappa shape index (κ1) is 19.0. The Kier molecular flexibility index (Phi) is 8.36. The van der Waals surface area contributed by atoms with Crippen molar-refractivity contribution in [3.8, 4) is 0 Å². The summed E-state index contributed by atoms with van der Waals surface area (Å²) in [5.41, 5.74) is 1.18. The van der Waals surface area contributed by atoms with Gasteiger partial charge in [-0.3, -0.25) is 4.99 Å². The van der Waals surface area contributed by atoms with Crippen LogP contribution in [0.2, 0.25) is 0 Å². The molecule has 1 aliphatic rings. The molecule has 0 radical (unpaired) electrons. The van der Waals surface area contributed by atoms with Gasteiger partial charge in [0.15, 0.2) is 11.1 Å². The van der Waals surface area contributed by atoms with E-state index in [4.69, 9.17) is 4.98 Å². The Morgan fingerprint density at radius 2 is 2.17 bits per heavy atom. The molecule has 0 spiro atoms. The maximum Gasteiger partial charge on any atom is 0.191 e. The molecule has 24 heavy (non-hydrogen) atoms. The summed E-state index contributed by atoms with van der Waals surface area (Å²) in [6, 6.07) is 0.462. The van der Waals surface area contributed by atoms with Gasteiger partial charge in [0, 0.05) is 44.5 Å². The molecule has 0 aromatic carbocycles. The van der Waals surface area contributed by atoms with Crippen LogP contribution < -0.4 is 15.5 Å². The lowest BCUT2D eigenvalue weighted by atomic mass is 10.1. The number of guanidine groups is 1. The second-order valence-electron chi connectivity index (χ2n) is 6.61. The second kappa shape index (κ2) is 10.5. The van der Waals surface area contributed by atoms with Crippen LogP contribution in [0.15, 0.2) is 10.4 Å². The molecule has 6 heteroatoms. The molecule has 2 N–H and O–H groups in total. The molecule has 1 fully saturated rings. The summed E-state index contributed by atoms with van der Waals surface area (Å²) in [6.45, 7) is 7.66. The number of anilines is 1. The van der Waals surface area contributed by atoms with E-state index in [1.165, 1.54) is 49.4 Å². The summed E-state index contributed by atoms with van der Waals surface area (Å²) in [6.07, 6.45) is 8.59. The molecule has 2 rings (SSSR count). The first-order chi connectivity index (χ1) is 11.7. The summed E-state index contributed by atoms with van der Waals surface area (Å²) in [4.78, 5) is 11.5. The largest absolute Gasteiger partial charge is 0.356 e. The molecule has 1 aromatic heterocycles. The fourth-order valence-electron chi connectivity index (χ4n) is 2.97. The van der Waals surface area contributed by atoms with Crippen LogP contribution in [0, 0.1) is 0 Å². The number of aliphatic imine (C=N–C) groups is 1. The van der Waals surface area contributed by atoms with Crippen LogP contribution in [0.1, 0.15) is 58.1 Å². The van der Waals surface area contributed by atoms with Crippen molar-refractivity contribution in [3.05, 3.63) is 11.1 Å². The highest BCUT2D eigenvalue weighted by molar-refractivity contribution is 7.13. The summed E-state index contributed by atoms with van der Waals surface area (Å²) in [5, 5.41) is 10.3. The van der Waals surface area contributed by atoms with E-state index in [1.54, 1.807) is 11.3 Å². The van der Waals surface area contributed by atoms with Gasteiger partial charge in [0.1, 0.15) is 0 Å². The van der Waals surface area contributed by atoms with E-state index in [2.05, 4.69) is 39.8 Å². The standard InChI is InChI=1S/C18H33N5S/c1-4-5-6-9-15(2)21-17(19-3)20-11-10-16-14-24-18(22-16)23-12-7-8-13-23/h14-15H,4-13H2,1-3H3,(H2,19,20,21). The molecule has 0 bridgehead atoms. The summed E-state index contributed by atoms with van der Waals surface area (Å²) >= 11 is 1.77. The van der Waals surface area contributed by atoms with Gasteiger partial charge in [-0.2, -0.15) is 0 Å². The molecule has 0 saturated carbocycles. The number of thiazole rings is 1. The van der Waals surface area contributed by atoms with Gasteiger partial charge >= 0.3 is 0 Å². The zero-order chi connectivity index (χ0) is 17.2. The normalized spacial score (nSPS) is 16.5. The van der Waals surface area contributed by atoms with Crippen molar-refractivity contribution in [2.75, 3.05) is 31.6 Å². The Bertz CT molecular complexity index is 493. The van der Waals surface area contributed by atoms with Crippen molar-refractivity contribution < 1.29 is 0 Å². The number of hydrogen-bond donors (Lipinski definition) is 2. The molecular weight excluding hydrogens is 318 g/mol. The molecule has 5 nitrogen and oxygen atoms in total. The lowest BCUT2D eigenvalue weighted by Crippen LogP contribution is -2.42. The predicted octanol–water partition coefficient (Wildman–Crippen LogP) is 3.42. The Morgan fingerprint density at radius 1 is 1.38 bits per heavy atom. The summed E-state index contributed by atoms with van der Waals surface area (Å²) < 4.78 is 0. The van der Waals surface area contributed by atoms with Gasteiger partial charge in [-0.25, -0.2) is 4.98 Å². The van der Waals surface area contributed by atoms with E-state index in [0.717, 1.165) is 32.0 Å². The van der Waals surface area contributed by atoms with E-state index in [9.17, 15) is 0 Å². The summed E-state index contributed by atoms with van der Waals surface area (Å²) in [5.74, 6) is 0.897. The van der Waals surface area contributed by atoms with Gasteiger partial charge in [0.2, 0.25) is 0 Å². The number of nitrogens with zero attached hydrogens (tertiary/aromatic N) is 3. The third-order valence-electron chi connectivity index (χ3n) is 4.44. The molecule has 1 saturated heterocycles. The zero-order valence-corrected chi connectivity index (χ0v) is 16.3.